The summed E-state index contributed by atoms with van der Waals surface area (Å²) in [6.07, 6.45) is 1.76. The molecule has 2 rings (SSSR count). The fraction of sp³-hybridized carbons (Fsp3) is 0.488. The Labute approximate surface area is 340 Å². The van der Waals surface area contributed by atoms with Gasteiger partial charge in [-0.2, -0.15) is 0 Å². The van der Waals surface area contributed by atoms with E-state index in [4.69, 9.17) is 35.3 Å². The highest BCUT2D eigenvalue weighted by molar-refractivity contribution is 6.32. The van der Waals surface area contributed by atoms with E-state index in [0.717, 1.165) is 11.6 Å². The number of hydrogen-bond donors (Lipinski definition) is 2. The third-order valence-electron chi connectivity index (χ3n) is 7.68. The molecule has 0 aromatic heterocycles. The van der Waals surface area contributed by atoms with E-state index >= 15 is 0 Å². The largest absolute Gasteiger partial charge is 0.495 e. The predicted octanol–water partition coefficient (Wildman–Crippen LogP) is 6.98. The molecule has 0 aliphatic rings. The number of halogens is 1. The second kappa shape index (κ2) is 22.5. The number of ketones is 1. The zero-order valence-electron chi connectivity index (χ0n) is 34.5. The van der Waals surface area contributed by atoms with Crippen molar-refractivity contribution in [2.75, 3.05) is 13.7 Å². The van der Waals surface area contributed by atoms with Crippen LogP contribution in [0.15, 0.2) is 66.8 Å². The van der Waals surface area contributed by atoms with Gasteiger partial charge in [0.05, 0.1) is 18.1 Å². The average Bonchev–Trinajstić information content (AvgIpc) is 3.10. The summed E-state index contributed by atoms with van der Waals surface area (Å²) in [5, 5.41) is 5.57. The Morgan fingerprint density at radius 2 is 1.44 bits per heavy atom. The monoisotopic (exact) mass is 812 g/mol. The summed E-state index contributed by atoms with van der Waals surface area (Å²) >= 11 is 6.29. The third kappa shape index (κ3) is 19.0. The molecule has 2 aromatic carbocycles. The zero-order valence-corrected chi connectivity index (χ0v) is 35.3. The summed E-state index contributed by atoms with van der Waals surface area (Å²) in [6.45, 7) is 15.1. The van der Waals surface area contributed by atoms with Crippen LogP contribution in [0.3, 0.4) is 0 Å². The summed E-state index contributed by atoms with van der Waals surface area (Å²) in [5.74, 6) is -4.21. The van der Waals surface area contributed by atoms with Gasteiger partial charge in [0, 0.05) is 25.5 Å². The maximum atomic E-state index is 13.6. The lowest BCUT2D eigenvalue weighted by Gasteiger charge is -2.24. The highest BCUT2D eigenvalue weighted by Crippen LogP contribution is 2.26. The number of benzene rings is 2. The highest BCUT2D eigenvalue weighted by Gasteiger charge is 2.32. The smallest absolute Gasteiger partial charge is 0.408 e. The lowest BCUT2D eigenvalue weighted by molar-refractivity contribution is -0.175. The molecule has 0 spiro atoms. The Kier molecular flexibility index (Phi) is 19.0. The van der Waals surface area contributed by atoms with Gasteiger partial charge in [-0.05, 0) is 83.2 Å². The van der Waals surface area contributed by atoms with Crippen LogP contribution in [0.4, 0.5) is 4.79 Å². The molecule has 0 saturated heterocycles. The van der Waals surface area contributed by atoms with Crippen molar-refractivity contribution in [3.63, 3.8) is 0 Å². The molecule has 14 heteroatoms. The summed E-state index contributed by atoms with van der Waals surface area (Å²) < 4.78 is 27.1. The highest BCUT2D eigenvalue weighted by atomic mass is 35.5. The number of hydrogen-bond acceptors (Lipinski definition) is 11. The van der Waals surface area contributed by atoms with E-state index in [1.165, 1.54) is 26.2 Å². The van der Waals surface area contributed by atoms with E-state index in [1.54, 1.807) is 90.1 Å². The minimum absolute atomic E-state index is 0.0311. The van der Waals surface area contributed by atoms with Gasteiger partial charge in [-0.1, -0.05) is 80.9 Å². The molecule has 0 heterocycles. The maximum absolute atomic E-state index is 13.6. The molecule has 0 bridgehead atoms. The fourth-order valence-corrected chi connectivity index (χ4v) is 5.26. The first kappa shape index (κ1) is 48.0. The molecule has 13 nitrogen and oxygen atoms in total. The molecule has 312 valence electrons. The summed E-state index contributed by atoms with van der Waals surface area (Å²) in [6, 6.07) is 12.9. The number of methoxy groups -OCH3 is 1. The van der Waals surface area contributed by atoms with E-state index < -0.39 is 71.1 Å². The SMILES string of the molecule is COc1ccc(C[C@@H](NC(=O)OC(C)(C)C)C(=O)NC[C@@H](C)C(=O)O[C@@H](CC(C)C)C(=O)O[C@@H](C/C=C/C(=O)OC(C)(C)C)C(=O)/C=C/c2ccccc2)cc1Cl. The topological polar surface area (TPSA) is 173 Å². The van der Waals surface area contributed by atoms with Crippen molar-refractivity contribution in [3.8, 4) is 5.75 Å². The van der Waals surface area contributed by atoms with Gasteiger partial charge in [0.1, 0.15) is 23.0 Å². The minimum Gasteiger partial charge on any atom is -0.495 e. The van der Waals surface area contributed by atoms with Crippen LogP contribution in [0.5, 0.6) is 5.75 Å². The maximum Gasteiger partial charge on any atom is 0.408 e. The van der Waals surface area contributed by atoms with Gasteiger partial charge in [-0.15, -0.1) is 0 Å². The van der Waals surface area contributed by atoms with Crippen LogP contribution in [-0.4, -0.2) is 78.8 Å². The first-order valence-corrected chi connectivity index (χ1v) is 19.1. The number of carbonyl (C=O) groups is 6. The molecule has 57 heavy (non-hydrogen) atoms. The van der Waals surface area contributed by atoms with Crippen molar-refractivity contribution >= 4 is 53.4 Å². The van der Waals surface area contributed by atoms with Crippen LogP contribution >= 0.6 is 11.6 Å². The zero-order chi connectivity index (χ0) is 42.9. The van der Waals surface area contributed by atoms with Crippen LogP contribution in [-0.2, 0) is 49.3 Å². The lowest BCUT2D eigenvalue weighted by atomic mass is 10.0. The van der Waals surface area contributed by atoms with Crippen LogP contribution in [0, 0.1) is 11.8 Å². The third-order valence-corrected chi connectivity index (χ3v) is 7.98. The van der Waals surface area contributed by atoms with Crippen molar-refractivity contribution in [3.05, 3.63) is 82.9 Å². The van der Waals surface area contributed by atoms with Crippen molar-refractivity contribution < 1.29 is 52.5 Å². The quantitative estimate of drug-likeness (QED) is 0.0852. The Bertz CT molecular complexity index is 1740. The Morgan fingerprint density at radius 3 is 2.02 bits per heavy atom. The summed E-state index contributed by atoms with van der Waals surface area (Å²) in [4.78, 5) is 78.6. The van der Waals surface area contributed by atoms with E-state index in [-0.39, 0.29) is 31.7 Å². The van der Waals surface area contributed by atoms with Crippen molar-refractivity contribution in [2.24, 2.45) is 11.8 Å². The molecule has 0 unspecified atom stereocenters. The lowest BCUT2D eigenvalue weighted by Crippen LogP contribution is -2.50. The fourth-order valence-electron chi connectivity index (χ4n) is 4.98. The van der Waals surface area contributed by atoms with Gasteiger partial charge >= 0.3 is 24.0 Å². The molecule has 2 aromatic rings. The molecule has 0 aliphatic heterocycles. The number of esters is 3. The molecule has 0 fully saturated rings. The van der Waals surface area contributed by atoms with Crippen LogP contribution in [0.2, 0.25) is 5.02 Å². The molecule has 2 N–H and O–H groups in total. The average molecular weight is 813 g/mol. The molecule has 0 radical (unpaired) electrons. The summed E-state index contributed by atoms with van der Waals surface area (Å²) in [7, 11) is 1.47. The Hall–Kier alpha value is -5.17. The van der Waals surface area contributed by atoms with Crippen LogP contribution in [0.1, 0.15) is 86.3 Å². The number of rotatable bonds is 19. The number of nitrogens with one attached hydrogen (secondary N) is 2. The number of amides is 2. The van der Waals surface area contributed by atoms with Gasteiger partial charge in [0.15, 0.2) is 18.0 Å². The number of ether oxygens (including phenoxy) is 5. The van der Waals surface area contributed by atoms with Gasteiger partial charge in [-0.25, -0.2) is 14.4 Å². The molecule has 0 aliphatic carbocycles. The van der Waals surface area contributed by atoms with Gasteiger partial charge < -0.3 is 34.3 Å². The summed E-state index contributed by atoms with van der Waals surface area (Å²) in [5.41, 5.74) is -0.207. The Morgan fingerprint density at radius 1 is 0.807 bits per heavy atom. The second-order valence-corrected chi connectivity index (χ2v) is 16.2. The van der Waals surface area contributed by atoms with Gasteiger partial charge in [-0.3, -0.25) is 14.4 Å². The van der Waals surface area contributed by atoms with Crippen LogP contribution < -0.4 is 15.4 Å². The first-order valence-electron chi connectivity index (χ1n) is 18.7. The minimum atomic E-state index is -1.39. The second-order valence-electron chi connectivity index (χ2n) is 15.8. The molecule has 4 atom stereocenters. The van der Waals surface area contributed by atoms with E-state index in [2.05, 4.69) is 10.6 Å². The first-order chi connectivity index (χ1) is 26.6. The molecule has 2 amide bonds. The standard InChI is InChI=1S/C43H57ClN2O11/c1-27(2)23-36(40(51)54-35(17-14-18-37(48)56-42(4,5)6)33(47)21-19-29-15-12-11-13-16-29)55-39(50)28(3)26-45-38(49)32(46-41(52)57-43(7,8)9)25-30-20-22-34(53-10)31(44)24-30/h11-16,18-22,24,27-28,32,35-36H,17,23,25-26H2,1-10H3,(H,45,49)(H,46,52)/b18-14+,21-19+/t28-,32-,35+,36+/m1/s1. The molecular weight excluding hydrogens is 756 g/mol. The van der Waals surface area contributed by atoms with Crippen molar-refractivity contribution in [1.82, 2.24) is 10.6 Å². The molecular formula is C43H57ClN2O11. The van der Waals surface area contributed by atoms with Crippen molar-refractivity contribution in [2.45, 2.75) is 111 Å². The number of alkyl carbamates (subject to hydrolysis) is 1. The van der Waals surface area contributed by atoms with Gasteiger partial charge in [0.2, 0.25) is 5.91 Å². The van der Waals surface area contributed by atoms with Gasteiger partial charge in [0.25, 0.3) is 0 Å². The normalized spacial score (nSPS) is 14.0. The van der Waals surface area contributed by atoms with Crippen LogP contribution in [0.25, 0.3) is 6.08 Å². The predicted molar refractivity (Wildman–Crippen MR) is 216 cm³/mol. The van der Waals surface area contributed by atoms with E-state index in [9.17, 15) is 28.8 Å². The Balaban J connectivity index is 2.20. The van der Waals surface area contributed by atoms with Crippen molar-refractivity contribution in [1.29, 1.82) is 0 Å². The number of carbonyl (C=O) groups excluding carboxylic acids is 6. The van der Waals surface area contributed by atoms with E-state index in [0.29, 0.717) is 16.3 Å². The molecule has 0 saturated carbocycles. The van der Waals surface area contributed by atoms with E-state index in [1.807, 2.05) is 19.9 Å².